The zero-order valence-electron chi connectivity index (χ0n) is 18.9. The Morgan fingerprint density at radius 1 is 1.03 bits per heavy atom. The summed E-state index contributed by atoms with van der Waals surface area (Å²) in [7, 11) is 1.69. The first-order valence-corrected chi connectivity index (χ1v) is 11.3. The average Bonchev–Trinajstić information content (AvgIpc) is 3.27. The lowest BCUT2D eigenvalue weighted by atomic mass is 9.86. The van der Waals surface area contributed by atoms with E-state index in [1.807, 2.05) is 40.8 Å². The molecule has 0 spiro atoms. The third kappa shape index (κ3) is 3.45. The lowest BCUT2D eigenvalue weighted by molar-refractivity contribution is -0.116. The number of nitrogens with zero attached hydrogens (tertiary/aromatic N) is 3. The van der Waals surface area contributed by atoms with Gasteiger partial charge in [0.15, 0.2) is 0 Å². The number of aryl methyl sites for hydroxylation is 1. The molecule has 1 aliphatic heterocycles. The van der Waals surface area contributed by atoms with E-state index in [1.54, 1.807) is 37.4 Å². The van der Waals surface area contributed by atoms with Crippen molar-refractivity contribution in [2.45, 2.75) is 18.9 Å². The first-order chi connectivity index (χ1) is 17.0. The van der Waals surface area contributed by atoms with E-state index < -0.39 is 5.92 Å². The molecule has 0 bridgehead atoms. The highest BCUT2D eigenvalue weighted by atomic mass is 19.1. The number of imidazole rings is 1. The summed E-state index contributed by atoms with van der Waals surface area (Å²) in [5, 5.41) is 2.91. The summed E-state index contributed by atoms with van der Waals surface area (Å²) < 4.78 is 23.0. The van der Waals surface area contributed by atoms with Gasteiger partial charge in [-0.2, -0.15) is 0 Å². The molecule has 0 saturated heterocycles. The quantitative estimate of drug-likeness (QED) is 0.425. The standard InChI is InChI=1S/C27H21FN4O3/c1-31-26(34)24-19(16-10-12-18(13-11-16)35-15-17-6-2-3-7-20(17)28)14-23(33)30-25(24)32-22-9-5-4-8-21(22)29-27(31)32/h2-13,19H,14-15H2,1H3,(H,30,33). The molecule has 3 heterocycles. The van der Waals surface area contributed by atoms with E-state index >= 15 is 0 Å². The van der Waals surface area contributed by atoms with Gasteiger partial charge in [-0.1, -0.05) is 42.5 Å². The van der Waals surface area contributed by atoms with E-state index in [9.17, 15) is 14.0 Å². The third-order valence-electron chi connectivity index (χ3n) is 6.49. The van der Waals surface area contributed by atoms with Crippen LogP contribution in [0.4, 0.5) is 10.2 Å². The molecule has 3 aromatic carbocycles. The van der Waals surface area contributed by atoms with Gasteiger partial charge in [0.25, 0.3) is 5.56 Å². The van der Waals surface area contributed by atoms with Crippen molar-refractivity contribution in [2.24, 2.45) is 7.05 Å². The number of hydrogen-bond acceptors (Lipinski definition) is 4. The van der Waals surface area contributed by atoms with Crippen molar-refractivity contribution in [1.29, 1.82) is 0 Å². The smallest absolute Gasteiger partial charge is 0.260 e. The van der Waals surface area contributed by atoms with Gasteiger partial charge in [0.05, 0.1) is 16.6 Å². The fourth-order valence-electron chi connectivity index (χ4n) is 4.72. The van der Waals surface area contributed by atoms with Crippen molar-refractivity contribution in [3.63, 3.8) is 0 Å². The molecular formula is C27H21FN4O3. The summed E-state index contributed by atoms with van der Waals surface area (Å²) in [4.78, 5) is 30.8. The van der Waals surface area contributed by atoms with Gasteiger partial charge in [-0.15, -0.1) is 0 Å². The minimum Gasteiger partial charge on any atom is -0.489 e. The lowest BCUT2D eigenvalue weighted by Gasteiger charge is -2.27. The zero-order chi connectivity index (χ0) is 24.1. The van der Waals surface area contributed by atoms with Crippen molar-refractivity contribution >= 4 is 28.5 Å². The van der Waals surface area contributed by atoms with Crippen molar-refractivity contribution in [1.82, 2.24) is 14.0 Å². The molecule has 1 aliphatic rings. The second kappa shape index (κ2) is 8.09. The molecule has 1 amide bonds. The largest absolute Gasteiger partial charge is 0.489 e. The lowest BCUT2D eigenvalue weighted by Crippen LogP contribution is -2.35. The van der Waals surface area contributed by atoms with Gasteiger partial charge >= 0.3 is 0 Å². The van der Waals surface area contributed by atoms with Crippen molar-refractivity contribution in [2.75, 3.05) is 5.32 Å². The van der Waals surface area contributed by atoms with Crippen LogP contribution >= 0.6 is 0 Å². The second-order valence-corrected chi connectivity index (χ2v) is 8.62. The zero-order valence-corrected chi connectivity index (χ0v) is 18.9. The molecule has 0 fully saturated rings. The summed E-state index contributed by atoms with van der Waals surface area (Å²) in [6.07, 6.45) is 0.149. The van der Waals surface area contributed by atoms with E-state index in [0.29, 0.717) is 28.5 Å². The average molecular weight is 468 g/mol. The minimum atomic E-state index is -0.427. The molecule has 1 unspecified atom stereocenters. The number of carbonyl (C=O) groups is 1. The molecule has 1 N–H and O–H groups in total. The predicted octanol–water partition coefficient (Wildman–Crippen LogP) is 4.38. The molecule has 174 valence electrons. The number of ether oxygens (including phenoxy) is 1. The first kappa shape index (κ1) is 21.1. The van der Waals surface area contributed by atoms with Crippen LogP contribution in [-0.4, -0.2) is 19.9 Å². The van der Waals surface area contributed by atoms with Gasteiger partial charge in [0.1, 0.15) is 24.0 Å². The molecule has 1 atom stereocenters. The van der Waals surface area contributed by atoms with Crippen LogP contribution in [0, 0.1) is 5.82 Å². The van der Waals surface area contributed by atoms with E-state index in [0.717, 1.165) is 16.6 Å². The molecule has 35 heavy (non-hydrogen) atoms. The number of carbonyl (C=O) groups excluding carboxylic acids is 1. The summed E-state index contributed by atoms with van der Waals surface area (Å²) in [5.74, 6) is 0.577. The Morgan fingerprint density at radius 3 is 2.57 bits per heavy atom. The second-order valence-electron chi connectivity index (χ2n) is 8.62. The Kier molecular flexibility index (Phi) is 4.88. The number of para-hydroxylation sites is 2. The molecule has 5 aromatic rings. The number of fused-ring (bicyclic) bond motifs is 5. The molecule has 7 nitrogen and oxygen atoms in total. The Bertz CT molecular complexity index is 1670. The summed E-state index contributed by atoms with van der Waals surface area (Å²) >= 11 is 0. The minimum absolute atomic E-state index is 0.104. The monoisotopic (exact) mass is 468 g/mol. The molecule has 0 saturated carbocycles. The van der Waals surface area contributed by atoms with Crippen molar-refractivity contribution in [3.8, 4) is 5.75 Å². The molecule has 0 radical (unpaired) electrons. The highest BCUT2D eigenvalue weighted by molar-refractivity contribution is 5.96. The van der Waals surface area contributed by atoms with Crippen LogP contribution < -0.4 is 15.6 Å². The number of amides is 1. The van der Waals surface area contributed by atoms with Crippen LogP contribution in [0.1, 0.15) is 29.0 Å². The van der Waals surface area contributed by atoms with Crippen LogP contribution in [0.2, 0.25) is 0 Å². The fourth-order valence-corrected chi connectivity index (χ4v) is 4.72. The summed E-state index contributed by atoms with van der Waals surface area (Å²) in [6.45, 7) is 0.104. The van der Waals surface area contributed by atoms with E-state index in [-0.39, 0.29) is 30.3 Å². The van der Waals surface area contributed by atoms with Gasteiger partial charge in [0, 0.05) is 24.9 Å². The van der Waals surface area contributed by atoms with Crippen molar-refractivity contribution < 1.29 is 13.9 Å². The number of halogens is 1. The fraction of sp³-hybridized carbons (Fsp3) is 0.148. The van der Waals surface area contributed by atoms with Gasteiger partial charge in [-0.25, -0.2) is 9.37 Å². The highest BCUT2D eigenvalue weighted by Crippen LogP contribution is 2.37. The number of hydrogen-bond donors (Lipinski definition) is 1. The highest BCUT2D eigenvalue weighted by Gasteiger charge is 2.33. The van der Waals surface area contributed by atoms with Gasteiger partial charge in [-0.3, -0.25) is 18.6 Å². The maximum Gasteiger partial charge on any atom is 0.260 e. The van der Waals surface area contributed by atoms with Crippen LogP contribution in [0.25, 0.3) is 16.8 Å². The van der Waals surface area contributed by atoms with Gasteiger partial charge < -0.3 is 10.1 Å². The first-order valence-electron chi connectivity index (χ1n) is 11.3. The number of rotatable bonds is 4. The SMILES string of the molecule is Cn1c(=O)c2c(n3c4ccccc4nc13)NC(=O)CC2c1ccc(OCc2ccccc2F)cc1. The van der Waals surface area contributed by atoms with E-state index in [4.69, 9.17) is 4.74 Å². The van der Waals surface area contributed by atoms with Crippen molar-refractivity contribution in [3.05, 3.63) is 106 Å². The predicted molar refractivity (Wildman–Crippen MR) is 130 cm³/mol. The maximum absolute atomic E-state index is 13.9. The number of benzene rings is 3. The molecular weight excluding hydrogens is 447 g/mol. The topological polar surface area (TPSA) is 77.6 Å². The third-order valence-corrected chi connectivity index (χ3v) is 6.49. The normalized spacial score (nSPS) is 15.3. The molecule has 8 heteroatoms. The van der Waals surface area contributed by atoms with Gasteiger partial charge in [-0.05, 0) is 35.9 Å². The van der Waals surface area contributed by atoms with Gasteiger partial charge in [0.2, 0.25) is 11.7 Å². The Morgan fingerprint density at radius 2 is 1.77 bits per heavy atom. The Hall–Kier alpha value is -4.46. The summed E-state index contributed by atoms with van der Waals surface area (Å²) in [5.41, 5.74) is 3.15. The summed E-state index contributed by atoms with van der Waals surface area (Å²) in [6, 6.07) is 21.3. The number of nitrogens with one attached hydrogen (secondary N) is 1. The molecule has 2 aromatic heterocycles. The van der Waals surface area contributed by atoms with Crippen LogP contribution in [-0.2, 0) is 18.4 Å². The number of anilines is 1. The van der Waals surface area contributed by atoms with Crippen LogP contribution in [0.3, 0.4) is 0 Å². The molecule has 0 aliphatic carbocycles. The van der Waals surface area contributed by atoms with Crippen LogP contribution in [0.15, 0.2) is 77.6 Å². The Balaban J connectivity index is 1.41. The maximum atomic E-state index is 13.9. The van der Waals surface area contributed by atoms with E-state index in [2.05, 4.69) is 10.3 Å². The van der Waals surface area contributed by atoms with Crippen LogP contribution in [0.5, 0.6) is 5.75 Å². The number of aromatic nitrogens is 3. The molecule has 6 rings (SSSR count). The Labute approximate surface area is 199 Å². The van der Waals surface area contributed by atoms with E-state index in [1.165, 1.54) is 10.6 Å².